The van der Waals surface area contributed by atoms with Gasteiger partial charge in [-0.3, -0.25) is 9.11 Å². The first-order valence-corrected chi connectivity index (χ1v) is 5.83. The van der Waals surface area contributed by atoms with Gasteiger partial charge >= 0.3 is 29.6 Å². The van der Waals surface area contributed by atoms with E-state index in [0.717, 1.165) is 0 Å². The van der Waals surface area contributed by atoms with Gasteiger partial charge in [-0.2, -0.15) is 16.8 Å². The van der Waals surface area contributed by atoms with E-state index in [2.05, 4.69) is 0 Å². The van der Waals surface area contributed by atoms with Gasteiger partial charge in [0.15, 0.2) is 0 Å². The average molecular weight is 228 g/mol. The van der Waals surface area contributed by atoms with Crippen LogP contribution in [0.1, 0.15) is 6.42 Å². The molecule has 0 rings (SSSR count). The summed E-state index contributed by atoms with van der Waals surface area (Å²) in [5, 5.41) is 0. The fraction of sp³-hybridized carbons (Fsp3) is 1.00. The van der Waals surface area contributed by atoms with Crippen molar-refractivity contribution in [3.8, 4) is 0 Å². The van der Waals surface area contributed by atoms with Crippen LogP contribution in [0.2, 0.25) is 0 Å². The zero-order valence-corrected chi connectivity index (χ0v) is 7.10. The van der Waals surface area contributed by atoms with Crippen LogP contribution < -0.4 is 0 Å². The minimum atomic E-state index is -4.12. The molecule has 0 aliphatic heterocycles. The van der Waals surface area contributed by atoms with E-state index in [1.54, 1.807) is 0 Å². The standard InChI is InChI=1S/C3H8O6S2.Na.H/c4-10(5,6)2-1-3-11(7,8)9;;/h1-3H2,(H,4,5,6)(H,7,8,9);;. The van der Waals surface area contributed by atoms with Crippen LogP contribution in [0.15, 0.2) is 0 Å². The van der Waals surface area contributed by atoms with E-state index in [-0.39, 0.29) is 36.0 Å². The number of rotatable bonds is 4. The van der Waals surface area contributed by atoms with Gasteiger partial charge in [-0.05, 0) is 6.42 Å². The van der Waals surface area contributed by atoms with Gasteiger partial charge in [-0.25, -0.2) is 0 Å². The molecule has 70 valence electrons. The van der Waals surface area contributed by atoms with Gasteiger partial charge in [0.05, 0.1) is 11.5 Å². The van der Waals surface area contributed by atoms with Crippen LogP contribution in [0.25, 0.3) is 0 Å². The normalized spacial score (nSPS) is 12.2. The predicted octanol–water partition coefficient (Wildman–Crippen LogP) is -1.50. The van der Waals surface area contributed by atoms with E-state index in [4.69, 9.17) is 9.11 Å². The van der Waals surface area contributed by atoms with Gasteiger partial charge in [0.2, 0.25) is 0 Å². The van der Waals surface area contributed by atoms with Crippen molar-refractivity contribution in [2.24, 2.45) is 0 Å². The summed E-state index contributed by atoms with van der Waals surface area (Å²) >= 11 is 0. The zero-order valence-electron chi connectivity index (χ0n) is 5.47. The van der Waals surface area contributed by atoms with Gasteiger partial charge in [-0.15, -0.1) is 0 Å². The summed E-state index contributed by atoms with van der Waals surface area (Å²) in [6.45, 7) is 0. The summed E-state index contributed by atoms with van der Waals surface area (Å²) in [5.74, 6) is -1.32. The first-order valence-electron chi connectivity index (χ1n) is 2.61. The second kappa shape index (κ2) is 5.53. The van der Waals surface area contributed by atoms with Crippen molar-refractivity contribution in [1.29, 1.82) is 0 Å². The molecule has 0 aromatic rings. The van der Waals surface area contributed by atoms with Crippen molar-refractivity contribution in [3.63, 3.8) is 0 Å². The molecular formula is C3H9NaO6S2. The van der Waals surface area contributed by atoms with Crippen molar-refractivity contribution in [3.05, 3.63) is 0 Å². The average Bonchev–Trinajstić information content (AvgIpc) is 1.55. The molecule has 0 aromatic carbocycles. The van der Waals surface area contributed by atoms with Crippen LogP contribution in [0.4, 0.5) is 0 Å². The van der Waals surface area contributed by atoms with Gasteiger partial charge < -0.3 is 0 Å². The third-order valence-electron chi connectivity index (χ3n) is 0.805. The molecule has 0 aliphatic carbocycles. The van der Waals surface area contributed by atoms with Crippen LogP contribution in [0.5, 0.6) is 0 Å². The molecule has 0 aromatic heterocycles. The third kappa shape index (κ3) is 13.4. The van der Waals surface area contributed by atoms with Crippen molar-refractivity contribution in [2.75, 3.05) is 11.5 Å². The molecule has 0 unspecified atom stereocenters. The van der Waals surface area contributed by atoms with Gasteiger partial charge in [-0.1, -0.05) is 0 Å². The third-order valence-corrected chi connectivity index (χ3v) is 2.41. The Balaban J connectivity index is 0. The Hall–Kier alpha value is 0.820. The Bertz CT molecular complexity index is 270. The second-order valence-electron chi connectivity index (χ2n) is 1.93. The monoisotopic (exact) mass is 228 g/mol. The van der Waals surface area contributed by atoms with Crippen LogP contribution in [-0.2, 0) is 20.2 Å². The Morgan fingerprint density at radius 1 is 0.833 bits per heavy atom. The molecule has 2 N–H and O–H groups in total. The van der Waals surface area contributed by atoms with Crippen molar-refractivity contribution in [2.45, 2.75) is 6.42 Å². The molecule has 0 spiro atoms. The Morgan fingerprint density at radius 2 is 1.08 bits per heavy atom. The molecule has 0 bridgehead atoms. The van der Waals surface area contributed by atoms with E-state index in [1.807, 2.05) is 0 Å². The van der Waals surface area contributed by atoms with Crippen LogP contribution in [0, 0.1) is 0 Å². The van der Waals surface area contributed by atoms with E-state index < -0.39 is 31.7 Å². The van der Waals surface area contributed by atoms with E-state index in [1.165, 1.54) is 0 Å². The topological polar surface area (TPSA) is 109 Å². The van der Waals surface area contributed by atoms with E-state index >= 15 is 0 Å². The fourth-order valence-corrected chi connectivity index (χ4v) is 1.62. The van der Waals surface area contributed by atoms with Crippen LogP contribution in [0.3, 0.4) is 0 Å². The maximum absolute atomic E-state index is 10.00. The second-order valence-corrected chi connectivity index (χ2v) is 5.07. The zero-order chi connectivity index (χ0) is 9.12. The van der Waals surface area contributed by atoms with Gasteiger partial charge in [0.25, 0.3) is 20.2 Å². The molecule has 0 atom stereocenters. The molecule has 0 radical (unpaired) electrons. The Labute approximate surface area is 93.1 Å². The molecule has 0 heterocycles. The van der Waals surface area contributed by atoms with Crippen molar-refractivity contribution in [1.82, 2.24) is 0 Å². The van der Waals surface area contributed by atoms with Crippen LogP contribution in [-0.4, -0.2) is 67.0 Å². The summed E-state index contributed by atoms with van der Waals surface area (Å²) in [6, 6.07) is 0. The summed E-state index contributed by atoms with van der Waals surface area (Å²) in [5.41, 5.74) is 0. The van der Waals surface area contributed by atoms with Crippen LogP contribution >= 0.6 is 0 Å². The molecular weight excluding hydrogens is 219 g/mol. The minimum absolute atomic E-state index is 0. The first kappa shape index (κ1) is 15.3. The summed E-state index contributed by atoms with van der Waals surface area (Å²) < 4.78 is 56.2. The fourth-order valence-electron chi connectivity index (χ4n) is 0.424. The Kier molecular flexibility index (Phi) is 7.05. The van der Waals surface area contributed by atoms with Crippen molar-refractivity contribution < 1.29 is 25.9 Å². The van der Waals surface area contributed by atoms with Gasteiger partial charge in [0.1, 0.15) is 0 Å². The van der Waals surface area contributed by atoms with Gasteiger partial charge in [0, 0.05) is 0 Å². The molecule has 0 saturated carbocycles. The quantitative estimate of drug-likeness (QED) is 0.448. The molecule has 0 saturated heterocycles. The maximum atomic E-state index is 10.00. The molecule has 0 aliphatic rings. The molecule has 0 fully saturated rings. The predicted molar refractivity (Wildman–Crippen MR) is 44.6 cm³/mol. The summed E-state index contributed by atoms with van der Waals surface area (Å²) in [4.78, 5) is 0. The molecule has 9 heteroatoms. The number of hydrogen-bond donors (Lipinski definition) is 2. The Morgan fingerprint density at radius 3 is 1.25 bits per heavy atom. The van der Waals surface area contributed by atoms with Crippen molar-refractivity contribution >= 4 is 49.8 Å². The number of hydrogen-bond acceptors (Lipinski definition) is 4. The molecule has 12 heavy (non-hydrogen) atoms. The first-order chi connectivity index (χ1) is 4.71. The SMILES string of the molecule is O=S(=O)(O)CCCS(=O)(=O)O.[NaH]. The molecule has 0 amide bonds. The van der Waals surface area contributed by atoms with E-state index in [9.17, 15) is 16.8 Å². The summed E-state index contributed by atoms with van der Waals surface area (Å²) in [6.07, 6.45) is -0.308. The van der Waals surface area contributed by atoms with E-state index in [0.29, 0.717) is 0 Å². The molecule has 6 nitrogen and oxygen atoms in total. The summed E-state index contributed by atoms with van der Waals surface area (Å²) in [7, 11) is -8.24.